The number of nitrogens with two attached hydrogens (primary N) is 1. The number of carbonyl (C=O) groups excluding carboxylic acids is 1. The van der Waals surface area contributed by atoms with Crippen molar-refractivity contribution < 1.29 is 9.53 Å². The Bertz CT molecular complexity index is 660. The molecule has 3 N–H and O–H groups in total. The second-order valence-corrected chi connectivity index (χ2v) is 5.47. The summed E-state index contributed by atoms with van der Waals surface area (Å²) in [5, 5.41) is 3.12. The zero-order valence-electron chi connectivity index (χ0n) is 13.5. The van der Waals surface area contributed by atoms with Gasteiger partial charge in [0, 0.05) is 17.5 Å². The van der Waals surface area contributed by atoms with Crippen LogP contribution in [0.5, 0.6) is 0 Å². The maximum Gasteiger partial charge on any atom is 0.334 e. The molecule has 4 heteroatoms. The van der Waals surface area contributed by atoms with E-state index in [9.17, 15) is 4.79 Å². The number of esters is 1. The van der Waals surface area contributed by atoms with Crippen molar-refractivity contribution in [3.8, 4) is 0 Å². The van der Waals surface area contributed by atoms with Gasteiger partial charge in [-0.25, -0.2) is 4.79 Å². The lowest BCUT2D eigenvalue weighted by atomic mass is 10.0. The number of anilines is 1. The lowest BCUT2D eigenvalue weighted by Crippen LogP contribution is -2.22. The number of rotatable bonds is 6. The van der Waals surface area contributed by atoms with Gasteiger partial charge in [0.25, 0.3) is 0 Å². The van der Waals surface area contributed by atoms with Crippen molar-refractivity contribution in [2.24, 2.45) is 5.73 Å². The van der Waals surface area contributed by atoms with Gasteiger partial charge in [0.1, 0.15) is 0 Å². The highest BCUT2D eigenvalue weighted by atomic mass is 16.6. The fraction of sp³-hybridized carbons (Fsp3) is 0.211. The first-order valence-corrected chi connectivity index (χ1v) is 7.57. The molecule has 1 atom stereocenters. The summed E-state index contributed by atoms with van der Waals surface area (Å²) >= 11 is 0. The highest BCUT2D eigenvalue weighted by Crippen LogP contribution is 2.14. The molecule has 1 unspecified atom stereocenters. The van der Waals surface area contributed by atoms with E-state index in [0.717, 1.165) is 12.1 Å². The van der Waals surface area contributed by atoms with Crippen LogP contribution in [0, 0.1) is 0 Å². The second-order valence-electron chi connectivity index (χ2n) is 5.47. The Morgan fingerprint density at radius 1 is 1.13 bits per heavy atom. The molecule has 0 aliphatic carbocycles. The summed E-state index contributed by atoms with van der Waals surface area (Å²) < 4.78 is 5.18. The summed E-state index contributed by atoms with van der Waals surface area (Å²) in [6, 6.07) is 18.4. The van der Waals surface area contributed by atoms with Gasteiger partial charge >= 0.3 is 5.97 Å². The van der Waals surface area contributed by atoms with E-state index in [1.807, 2.05) is 30.3 Å². The Morgan fingerprint density at radius 2 is 1.74 bits per heavy atom. The molecular formula is C19H22N2O2. The molecule has 0 saturated heterocycles. The minimum Gasteiger partial charge on any atom is -0.439 e. The Kier molecular flexibility index (Phi) is 5.80. The number of hydrogen-bond donors (Lipinski definition) is 2. The minimum atomic E-state index is -0.453. The number of carbonyl (C=O) groups is 1. The molecule has 2 aromatic carbocycles. The molecule has 0 saturated carbocycles. The Balaban J connectivity index is 1.89. The molecular weight excluding hydrogens is 288 g/mol. The van der Waals surface area contributed by atoms with E-state index in [0.29, 0.717) is 5.70 Å². The van der Waals surface area contributed by atoms with Crippen molar-refractivity contribution in [3.05, 3.63) is 77.5 Å². The SMILES string of the molecule is C/C(N)=C\C(=O)OC(C)Nc1ccc(Cc2ccccc2)cc1. The third-order valence-electron chi connectivity index (χ3n) is 3.21. The maximum atomic E-state index is 11.5. The van der Waals surface area contributed by atoms with Crippen LogP contribution in [0.25, 0.3) is 0 Å². The van der Waals surface area contributed by atoms with Gasteiger partial charge < -0.3 is 15.8 Å². The van der Waals surface area contributed by atoms with Crippen LogP contribution in [0.15, 0.2) is 66.4 Å². The van der Waals surface area contributed by atoms with Crippen LogP contribution in [0.4, 0.5) is 5.69 Å². The lowest BCUT2D eigenvalue weighted by molar-refractivity contribution is -0.140. The quantitative estimate of drug-likeness (QED) is 0.487. The summed E-state index contributed by atoms with van der Waals surface area (Å²) in [4.78, 5) is 11.5. The molecule has 0 fully saturated rings. The lowest BCUT2D eigenvalue weighted by Gasteiger charge is -2.15. The van der Waals surface area contributed by atoms with E-state index >= 15 is 0 Å². The van der Waals surface area contributed by atoms with Gasteiger partial charge in [-0.05, 0) is 43.5 Å². The van der Waals surface area contributed by atoms with Gasteiger partial charge in [0.2, 0.25) is 0 Å². The molecule has 0 amide bonds. The van der Waals surface area contributed by atoms with E-state index in [4.69, 9.17) is 10.5 Å². The highest BCUT2D eigenvalue weighted by molar-refractivity contribution is 5.82. The number of allylic oxidation sites excluding steroid dienone is 1. The molecule has 0 spiro atoms. The number of ether oxygens (including phenoxy) is 1. The van der Waals surface area contributed by atoms with Crippen LogP contribution >= 0.6 is 0 Å². The largest absolute Gasteiger partial charge is 0.439 e. The molecule has 0 bridgehead atoms. The first-order chi connectivity index (χ1) is 11.0. The molecule has 0 heterocycles. The molecule has 23 heavy (non-hydrogen) atoms. The molecule has 0 aliphatic heterocycles. The molecule has 2 aromatic rings. The Hall–Kier alpha value is -2.75. The van der Waals surface area contributed by atoms with E-state index in [1.165, 1.54) is 17.2 Å². The topological polar surface area (TPSA) is 64.4 Å². The van der Waals surface area contributed by atoms with Crippen LogP contribution in [0.2, 0.25) is 0 Å². The third-order valence-corrected chi connectivity index (χ3v) is 3.21. The van der Waals surface area contributed by atoms with E-state index in [1.54, 1.807) is 13.8 Å². The first kappa shape index (κ1) is 16.6. The summed E-state index contributed by atoms with van der Waals surface area (Å²) in [6.45, 7) is 3.42. The smallest absolute Gasteiger partial charge is 0.334 e. The van der Waals surface area contributed by atoms with Gasteiger partial charge in [0.05, 0.1) is 0 Å². The van der Waals surface area contributed by atoms with Crippen molar-refractivity contribution in [3.63, 3.8) is 0 Å². The zero-order chi connectivity index (χ0) is 16.7. The van der Waals surface area contributed by atoms with Crippen molar-refractivity contribution >= 4 is 11.7 Å². The van der Waals surface area contributed by atoms with Gasteiger partial charge in [-0.2, -0.15) is 0 Å². The Morgan fingerprint density at radius 3 is 2.35 bits per heavy atom. The van der Waals surface area contributed by atoms with Gasteiger partial charge in [-0.3, -0.25) is 0 Å². The number of benzene rings is 2. The normalized spacial score (nSPS) is 12.5. The molecule has 4 nitrogen and oxygen atoms in total. The minimum absolute atomic E-state index is 0.424. The van der Waals surface area contributed by atoms with Gasteiger partial charge in [-0.15, -0.1) is 0 Å². The summed E-state index contributed by atoms with van der Waals surface area (Å²) in [5.74, 6) is -0.453. The maximum absolute atomic E-state index is 11.5. The molecule has 0 aliphatic rings. The van der Waals surface area contributed by atoms with Crippen LogP contribution in [0.3, 0.4) is 0 Å². The zero-order valence-corrected chi connectivity index (χ0v) is 13.5. The summed E-state index contributed by atoms with van der Waals surface area (Å²) in [6.07, 6.45) is 1.73. The fourth-order valence-electron chi connectivity index (χ4n) is 2.21. The molecule has 2 rings (SSSR count). The predicted molar refractivity (Wildman–Crippen MR) is 92.8 cm³/mol. The number of hydrogen-bond acceptors (Lipinski definition) is 4. The van der Waals surface area contributed by atoms with E-state index in [-0.39, 0.29) is 0 Å². The third kappa shape index (κ3) is 5.87. The van der Waals surface area contributed by atoms with Crippen LogP contribution < -0.4 is 11.1 Å². The van der Waals surface area contributed by atoms with Crippen molar-refractivity contribution in [1.82, 2.24) is 0 Å². The van der Waals surface area contributed by atoms with Crippen molar-refractivity contribution in [2.45, 2.75) is 26.5 Å². The van der Waals surface area contributed by atoms with E-state index in [2.05, 4.69) is 29.6 Å². The Labute approximate surface area is 137 Å². The predicted octanol–water partition coefficient (Wildman–Crippen LogP) is 3.44. The van der Waals surface area contributed by atoms with Crippen molar-refractivity contribution in [2.75, 3.05) is 5.32 Å². The summed E-state index contributed by atoms with van der Waals surface area (Å²) in [7, 11) is 0. The van der Waals surface area contributed by atoms with Crippen LogP contribution in [-0.2, 0) is 16.0 Å². The fourth-order valence-corrected chi connectivity index (χ4v) is 2.21. The molecule has 0 radical (unpaired) electrons. The van der Waals surface area contributed by atoms with E-state index < -0.39 is 12.2 Å². The number of nitrogens with one attached hydrogen (secondary N) is 1. The van der Waals surface area contributed by atoms with Gasteiger partial charge in [0.15, 0.2) is 6.23 Å². The molecule has 0 aromatic heterocycles. The first-order valence-electron chi connectivity index (χ1n) is 7.57. The molecule has 120 valence electrons. The van der Waals surface area contributed by atoms with Crippen molar-refractivity contribution in [1.29, 1.82) is 0 Å². The highest BCUT2D eigenvalue weighted by Gasteiger charge is 2.07. The average Bonchev–Trinajstić information content (AvgIpc) is 2.49. The summed E-state index contributed by atoms with van der Waals surface area (Å²) in [5.41, 5.74) is 9.27. The standard InChI is InChI=1S/C19H22N2O2/c1-14(20)12-19(22)23-15(2)21-18-10-8-17(9-11-18)13-16-6-4-3-5-7-16/h3-12,15,21H,13,20H2,1-2H3/b14-12+. The van der Waals surface area contributed by atoms with Gasteiger partial charge in [-0.1, -0.05) is 42.5 Å². The van der Waals surface area contributed by atoms with Crippen LogP contribution in [-0.4, -0.2) is 12.2 Å². The average molecular weight is 310 g/mol. The second kappa shape index (κ2) is 8.03. The monoisotopic (exact) mass is 310 g/mol. The van der Waals surface area contributed by atoms with Crippen LogP contribution in [0.1, 0.15) is 25.0 Å².